The standard InChI is InChI=1S/C52H84N2O4/c1-3-5-7-9-11-13-15-17-19-21-23-25-27-29-31-39-45-57-49(55)51(53,47-41-35-33-36-42-47)52(54,48-43-37-34-38-44-48)50(56)58-46-40-32-30-28-26-24-22-20-18-16-14-12-10-8-6-4-2/h17-20,33-38,41-44H,3-16,21-32,39-40,45-46,53-54H2,1-2H3/t51-,52+. The van der Waals surface area contributed by atoms with Gasteiger partial charge < -0.3 is 20.9 Å². The quantitative estimate of drug-likeness (QED) is 0.0400. The van der Waals surface area contributed by atoms with Crippen LogP contribution in [-0.2, 0) is 30.1 Å². The molecule has 0 heterocycles. The van der Waals surface area contributed by atoms with Gasteiger partial charge in [-0.05, 0) is 75.3 Å². The predicted octanol–water partition coefficient (Wildman–Crippen LogP) is 13.9. The van der Waals surface area contributed by atoms with Crippen molar-refractivity contribution in [2.45, 2.75) is 205 Å². The van der Waals surface area contributed by atoms with Crippen LogP contribution in [0.1, 0.15) is 205 Å². The SMILES string of the molecule is CCCCCCCCC=CCCCCCCCCOC(=O)[C@@](N)(c1ccccc1)[C@](N)(C(=O)OCCCCCCCCC=CCCCCCCCC)c1ccccc1. The number of unbranched alkanes of at least 4 members (excludes halogenated alkanes) is 24. The van der Waals surface area contributed by atoms with Gasteiger partial charge >= 0.3 is 11.9 Å². The number of allylic oxidation sites excluding steroid dienone is 4. The summed E-state index contributed by atoms with van der Waals surface area (Å²) in [5.41, 5.74) is 11.0. The Labute approximate surface area is 355 Å². The van der Waals surface area contributed by atoms with Gasteiger partial charge in [-0.2, -0.15) is 0 Å². The Hall–Kier alpha value is -3.22. The van der Waals surface area contributed by atoms with E-state index >= 15 is 0 Å². The van der Waals surface area contributed by atoms with Crippen molar-refractivity contribution >= 4 is 11.9 Å². The lowest BCUT2D eigenvalue weighted by Gasteiger charge is -2.42. The molecule has 2 rings (SSSR count). The van der Waals surface area contributed by atoms with E-state index in [9.17, 15) is 9.59 Å². The molecule has 2 aromatic rings. The Morgan fingerprint density at radius 2 is 0.672 bits per heavy atom. The van der Waals surface area contributed by atoms with Crippen molar-refractivity contribution in [1.82, 2.24) is 0 Å². The van der Waals surface area contributed by atoms with Crippen LogP contribution in [0.15, 0.2) is 85.0 Å². The summed E-state index contributed by atoms with van der Waals surface area (Å²) in [7, 11) is 0. The van der Waals surface area contributed by atoms with E-state index in [4.69, 9.17) is 20.9 Å². The summed E-state index contributed by atoms with van der Waals surface area (Å²) in [6.45, 7) is 4.95. The molecule has 0 spiro atoms. The van der Waals surface area contributed by atoms with Gasteiger partial charge in [0.2, 0.25) is 0 Å². The first-order valence-corrected chi connectivity index (χ1v) is 23.8. The van der Waals surface area contributed by atoms with Crippen LogP contribution in [0.25, 0.3) is 0 Å². The molecule has 0 amide bonds. The maximum absolute atomic E-state index is 14.1. The lowest BCUT2D eigenvalue weighted by atomic mass is 9.69. The Morgan fingerprint density at radius 1 is 0.414 bits per heavy atom. The number of nitrogens with two attached hydrogens (primary N) is 2. The number of esters is 2. The predicted molar refractivity (Wildman–Crippen MR) is 245 cm³/mol. The lowest BCUT2D eigenvalue weighted by Crippen LogP contribution is -2.69. The van der Waals surface area contributed by atoms with Gasteiger partial charge in [-0.1, -0.05) is 214 Å². The van der Waals surface area contributed by atoms with E-state index < -0.39 is 23.0 Å². The maximum Gasteiger partial charge on any atom is 0.333 e. The highest BCUT2D eigenvalue weighted by atomic mass is 16.5. The normalized spacial score (nSPS) is 13.8. The van der Waals surface area contributed by atoms with Crippen molar-refractivity contribution < 1.29 is 19.1 Å². The summed E-state index contributed by atoms with van der Waals surface area (Å²) in [4.78, 5) is 28.3. The minimum atomic E-state index is -2.02. The van der Waals surface area contributed by atoms with E-state index in [1.54, 1.807) is 48.5 Å². The number of carbonyl (C=O) groups is 2. The Balaban J connectivity index is 1.81. The fourth-order valence-electron chi connectivity index (χ4n) is 7.67. The zero-order valence-electron chi connectivity index (χ0n) is 37.1. The Bertz CT molecular complexity index is 1240. The largest absolute Gasteiger partial charge is 0.464 e. The fraction of sp³-hybridized carbons (Fsp3) is 0.654. The van der Waals surface area contributed by atoms with E-state index in [-0.39, 0.29) is 13.2 Å². The van der Waals surface area contributed by atoms with Gasteiger partial charge in [0.1, 0.15) is 0 Å². The fourth-order valence-corrected chi connectivity index (χ4v) is 7.67. The van der Waals surface area contributed by atoms with Crippen LogP contribution in [0.3, 0.4) is 0 Å². The summed E-state index contributed by atoms with van der Waals surface area (Å²) in [6, 6.07) is 17.8. The average Bonchev–Trinajstić information content (AvgIpc) is 3.25. The third-order valence-electron chi connectivity index (χ3n) is 11.5. The molecule has 0 aliphatic carbocycles. The molecule has 2 atom stereocenters. The molecule has 0 aliphatic heterocycles. The summed E-state index contributed by atoms with van der Waals surface area (Å²) in [5.74, 6) is -1.46. The molecule has 0 fully saturated rings. The maximum atomic E-state index is 14.1. The molecular weight excluding hydrogens is 717 g/mol. The summed E-state index contributed by atoms with van der Waals surface area (Å²) in [5, 5.41) is 0. The minimum Gasteiger partial charge on any atom is -0.464 e. The van der Waals surface area contributed by atoms with Crippen molar-refractivity contribution in [2.75, 3.05) is 13.2 Å². The van der Waals surface area contributed by atoms with Crippen molar-refractivity contribution in [3.05, 3.63) is 96.1 Å². The van der Waals surface area contributed by atoms with E-state index in [2.05, 4.69) is 38.2 Å². The van der Waals surface area contributed by atoms with Crippen LogP contribution in [-0.4, -0.2) is 25.2 Å². The molecule has 0 bridgehead atoms. The van der Waals surface area contributed by atoms with Crippen LogP contribution in [0, 0.1) is 0 Å². The molecule has 58 heavy (non-hydrogen) atoms. The number of rotatable bonds is 37. The first-order chi connectivity index (χ1) is 28.4. The van der Waals surface area contributed by atoms with Gasteiger partial charge in [0.05, 0.1) is 13.2 Å². The lowest BCUT2D eigenvalue weighted by molar-refractivity contribution is -0.166. The van der Waals surface area contributed by atoms with Crippen LogP contribution >= 0.6 is 0 Å². The van der Waals surface area contributed by atoms with Crippen molar-refractivity contribution in [3.8, 4) is 0 Å². The molecule has 0 aliphatic rings. The van der Waals surface area contributed by atoms with Gasteiger partial charge in [-0.25, -0.2) is 9.59 Å². The highest BCUT2D eigenvalue weighted by Crippen LogP contribution is 2.39. The highest BCUT2D eigenvalue weighted by Gasteiger charge is 2.61. The van der Waals surface area contributed by atoms with E-state index in [1.807, 2.05) is 12.1 Å². The first kappa shape index (κ1) is 50.9. The molecule has 4 N–H and O–H groups in total. The van der Waals surface area contributed by atoms with Gasteiger partial charge in [0.15, 0.2) is 11.1 Å². The minimum absolute atomic E-state index is 0.210. The highest BCUT2D eigenvalue weighted by molar-refractivity contribution is 5.96. The molecule has 0 saturated carbocycles. The molecule has 0 radical (unpaired) electrons. The number of hydrogen-bond acceptors (Lipinski definition) is 6. The molecule has 6 heteroatoms. The van der Waals surface area contributed by atoms with Crippen LogP contribution in [0.5, 0.6) is 0 Å². The third-order valence-corrected chi connectivity index (χ3v) is 11.5. The first-order valence-electron chi connectivity index (χ1n) is 23.8. The van der Waals surface area contributed by atoms with E-state index in [0.29, 0.717) is 11.1 Å². The van der Waals surface area contributed by atoms with Gasteiger partial charge in [0, 0.05) is 0 Å². The zero-order valence-corrected chi connectivity index (χ0v) is 37.1. The Morgan fingerprint density at radius 3 is 0.966 bits per heavy atom. The molecule has 2 aromatic carbocycles. The summed E-state index contributed by atoms with van der Waals surface area (Å²) >= 11 is 0. The summed E-state index contributed by atoms with van der Waals surface area (Å²) in [6.07, 6.45) is 42.9. The van der Waals surface area contributed by atoms with Crippen LogP contribution < -0.4 is 11.5 Å². The van der Waals surface area contributed by atoms with E-state index in [1.165, 1.54) is 116 Å². The van der Waals surface area contributed by atoms with Crippen molar-refractivity contribution in [2.24, 2.45) is 11.5 Å². The van der Waals surface area contributed by atoms with Crippen LogP contribution in [0.2, 0.25) is 0 Å². The third kappa shape index (κ3) is 20.2. The van der Waals surface area contributed by atoms with Gasteiger partial charge in [-0.15, -0.1) is 0 Å². The van der Waals surface area contributed by atoms with Crippen LogP contribution in [0.4, 0.5) is 0 Å². The molecule has 6 nitrogen and oxygen atoms in total. The van der Waals surface area contributed by atoms with E-state index in [0.717, 1.165) is 64.2 Å². The molecule has 326 valence electrons. The number of carbonyl (C=O) groups excluding carboxylic acids is 2. The molecule has 0 unspecified atom stereocenters. The second-order valence-electron chi connectivity index (χ2n) is 16.5. The molecular formula is C52H84N2O4. The number of benzene rings is 2. The second kappa shape index (κ2) is 33.6. The zero-order chi connectivity index (χ0) is 41.8. The number of hydrogen-bond donors (Lipinski definition) is 2. The topological polar surface area (TPSA) is 105 Å². The average molecular weight is 801 g/mol. The Kier molecular flexibility index (Phi) is 29.5. The monoisotopic (exact) mass is 801 g/mol. The van der Waals surface area contributed by atoms with Crippen molar-refractivity contribution in [3.63, 3.8) is 0 Å². The number of ether oxygens (including phenoxy) is 2. The summed E-state index contributed by atoms with van der Waals surface area (Å²) < 4.78 is 11.7. The second-order valence-corrected chi connectivity index (χ2v) is 16.5. The molecule has 0 aromatic heterocycles. The van der Waals surface area contributed by atoms with Crippen molar-refractivity contribution in [1.29, 1.82) is 0 Å². The molecule has 0 saturated heterocycles. The smallest absolute Gasteiger partial charge is 0.333 e. The van der Waals surface area contributed by atoms with Gasteiger partial charge in [-0.3, -0.25) is 0 Å². The van der Waals surface area contributed by atoms with Gasteiger partial charge in [0.25, 0.3) is 0 Å².